The number of methoxy groups -OCH3 is 1. The summed E-state index contributed by atoms with van der Waals surface area (Å²) in [6.45, 7) is 8.24. The van der Waals surface area contributed by atoms with Gasteiger partial charge in [-0.1, -0.05) is 31.2 Å². The van der Waals surface area contributed by atoms with Crippen molar-refractivity contribution in [3.63, 3.8) is 0 Å². The van der Waals surface area contributed by atoms with Crippen molar-refractivity contribution in [3.8, 4) is 11.5 Å². The molecule has 0 spiro atoms. The Hall–Kier alpha value is -4.28. The first kappa shape index (κ1) is 31.9. The SMILES string of the molecule is CCC(C)N(C(=O)C(Cc1ccc(O)cc1)NC(=O)OC(C)(C)C)C(C(=O)NCC(=O)OC)c1cccc(O)c1. The van der Waals surface area contributed by atoms with Gasteiger partial charge in [0.25, 0.3) is 0 Å². The molecule has 0 fully saturated rings. The quantitative estimate of drug-likeness (QED) is 0.307. The Labute approximate surface area is 234 Å². The number of phenols is 2. The van der Waals surface area contributed by atoms with Gasteiger partial charge in [-0.2, -0.15) is 0 Å². The first-order valence-electron chi connectivity index (χ1n) is 13.0. The minimum absolute atomic E-state index is 0.0296. The summed E-state index contributed by atoms with van der Waals surface area (Å²) in [6, 6.07) is 9.15. The predicted octanol–water partition coefficient (Wildman–Crippen LogP) is 3.19. The zero-order chi connectivity index (χ0) is 30.0. The summed E-state index contributed by atoms with van der Waals surface area (Å²) in [7, 11) is 1.19. The van der Waals surface area contributed by atoms with Crippen molar-refractivity contribution in [2.24, 2.45) is 0 Å². The maximum absolute atomic E-state index is 14.3. The molecule has 0 heterocycles. The van der Waals surface area contributed by atoms with Crippen molar-refractivity contribution in [1.29, 1.82) is 0 Å². The Morgan fingerprint density at radius 3 is 2.20 bits per heavy atom. The lowest BCUT2D eigenvalue weighted by molar-refractivity contribution is -0.146. The zero-order valence-electron chi connectivity index (χ0n) is 23.8. The van der Waals surface area contributed by atoms with Gasteiger partial charge < -0.3 is 35.2 Å². The number of nitrogens with one attached hydrogen (secondary N) is 2. The zero-order valence-corrected chi connectivity index (χ0v) is 23.8. The Morgan fingerprint density at radius 2 is 1.65 bits per heavy atom. The van der Waals surface area contributed by atoms with Crippen LogP contribution >= 0.6 is 0 Å². The second-order valence-electron chi connectivity index (χ2n) is 10.4. The van der Waals surface area contributed by atoms with E-state index < -0.39 is 54.1 Å². The largest absolute Gasteiger partial charge is 0.508 e. The van der Waals surface area contributed by atoms with Crippen molar-refractivity contribution < 1.29 is 38.9 Å². The van der Waals surface area contributed by atoms with E-state index in [2.05, 4.69) is 15.4 Å². The molecule has 2 aromatic carbocycles. The minimum Gasteiger partial charge on any atom is -0.508 e. The fourth-order valence-corrected chi connectivity index (χ4v) is 3.95. The number of alkyl carbamates (subject to hydrolysis) is 1. The van der Waals surface area contributed by atoms with Crippen LogP contribution in [-0.4, -0.2) is 70.3 Å². The van der Waals surface area contributed by atoms with Crippen LogP contribution in [0.1, 0.15) is 58.2 Å². The molecule has 218 valence electrons. The van der Waals surface area contributed by atoms with E-state index in [1.807, 2.05) is 6.92 Å². The second kappa shape index (κ2) is 14.2. The monoisotopic (exact) mass is 557 g/mol. The molecular formula is C29H39N3O8. The normalized spacial score (nSPS) is 13.3. The van der Waals surface area contributed by atoms with Crippen LogP contribution < -0.4 is 10.6 Å². The number of nitrogens with zero attached hydrogens (tertiary/aromatic N) is 1. The van der Waals surface area contributed by atoms with Gasteiger partial charge in [-0.25, -0.2) is 4.79 Å². The third kappa shape index (κ3) is 9.48. The highest BCUT2D eigenvalue weighted by Gasteiger charge is 2.39. The summed E-state index contributed by atoms with van der Waals surface area (Å²) in [5.41, 5.74) is 0.113. The molecule has 2 aromatic rings. The number of phenolic OH excluding ortho intramolecular Hbond substituents is 2. The van der Waals surface area contributed by atoms with Gasteiger partial charge in [0.05, 0.1) is 7.11 Å². The molecular weight excluding hydrogens is 518 g/mol. The van der Waals surface area contributed by atoms with E-state index in [0.717, 1.165) is 0 Å². The summed E-state index contributed by atoms with van der Waals surface area (Å²) in [6.07, 6.45) is -0.344. The second-order valence-corrected chi connectivity index (χ2v) is 10.4. The first-order valence-corrected chi connectivity index (χ1v) is 13.0. The Morgan fingerprint density at radius 1 is 1.00 bits per heavy atom. The summed E-state index contributed by atoms with van der Waals surface area (Å²) in [4.78, 5) is 53.7. The van der Waals surface area contributed by atoms with Gasteiger partial charge in [-0.05, 0) is 69.5 Å². The van der Waals surface area contributed by atoms with Crippen LogP contribution in [0.15, 0.2) is 48.5 Å². The Bertz CT molecular complexity index is 1180. The number of aromatic hydroxyl groups is 2. The number of amides is 3. The van der Waals surface area contributed by atoms with Crippen LogP contribution in [0.2, 0.25) is 0 Å². The fraction of sp³-hybridized carbons (Fsp3) is 0.448. The number of carbonyl (C=O) groups is 4. The van der Waals surface area contributed by atoms with E-state index in [1.54, 1.807) is 45.9 Å². The van der Waals surface area contributed by atoms with Crippen molar-refractivity contribution in [2.45, 2.75) is 71.2 Å². The predicted molar refractivity (Wildman–Crippen MR) is 147 cm³/mol. The lowest BCUT2D eigenvalue weighted by Gasteiger charge is -2.38. The maximum atomic E-state index is 14.3. The smallest absolute Gasteiger partial charge is 0.408 e. The van der Waals surface area contributed by atoms with Gasteiger partial charge in [-0.15, -0.1) is 0 Å². The highest BCUT2D eigenvalue weighted by Crippen LogP contribution is 2.29. The number of benzene rings is 2. The molecule has 11 nitrogen and oxygen atoms in total. The molecule has 0 saturated heterocycles. The van der Waals surface area contributed by atoms with Gasteiger partial charge in [-0.3, -0.25) is 14.4 Å². The molecule has 3 unspecified atom stereocenters. The molecule has 0 saturated carbocycles. The van der Waals surface area contributed by atoms with E-state index in [9.17, 15) is 29.4 Å². The van der Waals surface area contributed by atoms with E-state index in [1.165, 1.54) is 42.3 Å². The Balaban J connectivity index is 2.58. The van der Waals surface area contributed by atoms with E-state index in [4.69, 9.17) is 4.74 Å². The summed E-state index contributed by atoms with van der Waals surface area (Å²) < 4.78 is 10.0. The standard InChI is InChI=1S/C29H39N3O8/c1-7-18(2)32(25(20-9-8-10-22(34)16-20)26(36)30-17-24(35)39-6)27(37)23(31-28(38)40-29(3,4)5)15-19-11-13-21(33)14-12-19/h8-14,16,18,23,25,33-34H,7,15,17H2,1-6H3,(H,30,36)(H,31,38). The number of carbonyl (C=O) groups excluding carboxylic acids is 4. The van der Waals surface area contributed by atoms with Gasteiger partial charge in [0, 0.05) is 12.5 Å². The molecule has 0 bridgehead atoms. The molecule has 0 aromatic heterocycles. The third-order valence-corrected chi connectivity index (χ3v) is 6.03. The summed E-state index contributed by atoms with van der Waals surface area (Å²) in [5.74, 6) is -2.02. The molecule has 40 heavy (non-hydrogen) atoms. The molecule has 11 heteroatoms. The molecule has 4 N–H and O–H groups in total. The molecule has 2 rings (SSSR count). The van der Waals surface area contributed by atoms with Crippen molar-refractivity contribution in [2.75, 3.05) is 13.7 Å². The Kier molecular flexibility index (Phi) is 11.3. The topological polar surface area (TPSA) is 154 Å². The van der Waals surface area contributed by atoms with Gasteiger partial charge in [0.15, 0.2) is 0 Å². The molecule has 0 radical (unpaired) electrons. The third-order valence-electron chi connectivity index (χ3n) is 6.03. The lowest BCUT2D eigenvalue weighted by Crippen LogP contribution is -2.56. The van der Waals surface area contributed by atoms with Crippen LogP contribution in [0.5, 0.6) is 11.5 Å². The van der Waals surface area contributed by atoms with Crippen molar-refractivity contribution >= 4 is 23.9 Å². The number of esters is 1. The minimum atomic E-state index is -1.26. The van der Waals surface area contributed by atoms with E-state index >= 15 is 0 Å². The van der Waals surface area contributed by atoms with E-state index in [0.29, 0.717) is 17.5 Å². The van der Waals surface area contributed by atoms with Gasteiger partial charge in [0.2, 0.25) is 11.8 Å². The average molecular weight is 558 g/mol. The van der Waals surface area contributed by atoms with Crippen LogP contribution in [-0.2, 0) is 30.3 Å². The molecule has 0 aliphatic carbocycles. The van der Waals surface area contributed by atoms with Crippen LogP contribution in [0.4, 0.5) is 4.79 Å². The summed E-state index contributed by atoms with van der Waals surface area (Å²) in [5, 5.41) is 25.0. The van der Waals surface area contributed by atoms with Crippen molar-refractivity contribution in [1.82, 2.24) is 15.5 Å². The van der Waals surface area contributed by atoms with Gasteiger partial charge >= 0.3 is 12.1 Å². The molecule has 3 atom stereocenters. The first-order chi connectivity index (χ1) is 18.7. The molecule has 3 amide bonds. The number of ether oxygens (including phenoxy) is 2. The highest BCUT2D eigenvalue weighted by atomic mass is 16.6. The lowest BCUT2D eigenvalue weighted by atomic mass is 9.97. The van der Waals surface area contributed by atoms with Crippen molar-refractivity contribution in [3.05, 3.63) is 59.7 Å². The fourth-order valence-electron chi connectivity index (χ4n) is 3.95. The molecule has 0 aliphatic heterocycles. The number of hydrogen-bond donors (Lipinski definition) is 4. The average Bonchev–Trinajstić information content (AvgIpc) is 2.89. The molecule has 0 aliphatic rings. The summed E-state index contributed by atoms with van der Waals surface area (Å²) >= 11 is 0. The highest BCUT2D eigenvalue weighted by molar-refractivity contribution is 5.93. The maximum Gasteiger partial charge on any atom is 0.408 e. The number of hydrogen-bond acceptors (Lipinski definition) is 8. The number of rotatable bonds is 11. The van der Waals surface area contributed by atoms with Crippen LogP contribution in [0.25, 0.3) is 0 Å². The van der Waals surface area contributed by atoms with Crippen LogP contribution in [0, 0.1) is 0 Å². The van der Waals surface area contributed by atoms with E-state index in [-0.39, 0.29) is 17.9 Å². The van der Waals surface area contributed by atoms with Gasteiger partial charge in [0.1, 0.15) is 35.7 Å². The van der Waals surface area contributed by atoms with Crippen LogP contribution in [0.3, 0.4) is 0 Å².